The van der Waals surface area contributed by atoms with E-state index in [1.54, 1.807) is 4.90 Å². The molecule has 0 aromatic heterocycles. The van der Waals surface area contributed by atoms with Crippen LogP contribution in [-0.4, -0.2) is 84.5 Å². The zero-order chi connectivity index (χ0) is 36.8. The molecule has 3 aromatic rings. The first kappa shape index (κ1) is 35.3. The van der Waals surface area contributed by atoms with Crippen molar-refractivity contribution in [3.05, 3.63) is 88.5 Å². The summed E-state index contributed by atoms with van der Waals surface area (Å²) in [6, 6.07) is 21.2. The largest absolute Gasteiger partial charge is 0.508 e. The summed E-state index contributed by atoms with van der Waals surface area (Å²) in [6.07, 6.45) is 12.2. The van der Waals surface area contributed by atoms with Crippen molar-refractivity contribution in [3.63, 3.8) is 0 Å². The Bertz CT molecular complexity index is 1870. The van der Waals surface area contributed by atoms with E-state index in [1.165, 1.54) is 73.7 Å². The van der Waals surface area contributed by atoms with Crippen molar-refractivity contribution in [2.45, 2.75) is 89.1 Å². The SMILES string of the molecule is O=C1CC[C@H](N2Cc3cc(N4CCN(CC5CCN(c6ccc([C@H]7c8ccc(O)cc8CC[C@H]7C7CCCCC7)cc6)CC5)CC4)ccc3C2=O)C(=O)N1. The quantitative estimate of drug-likeness (QED) is 0.270. The molecule has 3 aromatic carbocycles. The molecule has 4 aliphatic heterocycles. The second kappa shape index (κ2) is 15.0. The molecule has 6 aliphatic rings. The highest BCUT2D eigenvalue weighted by Crippen LogP contribution is 2.48. The van der Waals surface area contributed by atoms with Gasteiger partial charge in [-0.3, -0.25) is 24.6 Å². The molecule has 0 bridgehead atoms. The minimum Gasteiger partial charge on any atom is -0.508 e. The smallest absolute Gasteiger partial charge is 0.255 e. The summed E-state index contributed by atoms with van der Waals surface area (Å²) in [4.78, 5) is 46.5. The fourth-order valence-electron chi connectivity index (χ4n) is 10.9. The van der Waals surface area contributed by atoms with Gasteiger partial charge < -0.3 is 19.8 Å². The van der Waals surface area contributed by atoms with Gasteiger partial charge in [0.1, 0.15) is 11.8 Å². The molecule has 3 atom stereocenters. The number of anilines is 2. The number of aromatic hydroxyl groups is 1. The van der Waals surface area contributed by atoms with Gasteiger partial charge in [-0.1, -0.05) is 50.3 Å². The maximum atomic E-state index is 13.2. The number of piperazine rings is 1. The minimum absolute atomic E-state index is 0.116. The van der Waals surface area contributed by atoms with Gasteiger partial charge in [-0.25, -0.2) is 0 Å². The molecular weight excluding hydrogens is 675 g/mol. The highest BCUT2D eigenvalue weighted by Gasteiger charge is 2.40. The fraction of sp³-hybridized carbons (Fsp3) is 0.533. The van der Waals surface area contributed by atoms with Crippen molar-refractivity contribution in [2.24, 2.45) is 17.8 Å². The van der Waals surface area contributed by atoms with Crippen LogP contribution in [0.2, 0.25) is 0 Å². The summed E-state index contributed by atoms with van der Waals surface area (Å²) in [5.41, 5.74) is 8.34. The van der Waals surface area contributed by atoms with E-state index in [2.05, 4.69) is 62.5 Å². The molecular formula is C45H55N5O4. The summed E-state index contributed by atoms with van der Waals surface area (Å²) in [5.74, 6) is 2.26. The van der Waals surface area contributed by atoms with Gasteiger partial charge >= 0.3 is 0 Å². The molecule has 1 saturated carbocycles. The van der Waals surface area contributed by atoms with Gasteiger partial charge in [0.15, 0.2) is 0 Å². The third-order valence-corrected chi connectivity index (χ3v) is 13.9. The predicted molar refractivity (Wildman–Crippen MR) is 211 cm³/mol. The van der Waals surface area contributed by atoms with E-state index < -0.39 is 6.04 Å². The maximum Gasteiger partial charge on any atom is 0.255 e. The van der Waals surface area contributed by atoms with E-state index in [0.717, 1.165) is 69.4 Å². The molecule has 3 amide bonds. The summed E-state index contributed by atoms with van der Waals surface area (Å²) in [5, 5.41) is 12.6. The molecule has 9 rings (SSSR count). The van der Waals surface area contributed by atoms with Gasteiger partial charge in [-0.15, -0.1) is 0 Å². The van der Waals surface area contributed by atoms with Crippen molar-refractivity contribution < 1.29 is 19.5 Å². The van der Waals surface area contributed by atoms with Crippen LogP contribution in [0.4, 0.5) is 11.4 Å². The van der Waals surface area contributed by atoms with Crippen molar-refractivity contribution in [2.75, 3.05) is 55.6 Å². The molecule has 4 fully saturated rings. The van der Waals surface area contributed by atoms with Crippen molar-refractivity contribution in [1.29, 1.82) is 0 Å². The van der Waals surface area contributed by atoms with Crippen molar-refractivity contribution >= 4 is 29.1 Å². The van der Waals surface area contributed by atoms with E-state index in [1.807, 2.05) is 18.2 Å². The summed E-state index contributed by atoms with van der Waals surface area (Å²) in [7, 11) is 0. The monoisotopic (exact) mass is 729 g/mol. The zero-order valence-electron chi connectivity index (χ0n) is 31.6. The van der Waals surface area contributed by atoms with E-state index >= 15 is 0 Å². The number of benzene rings is 3. The molecule has 284 valence electrons. The van der Waals surface area contributed by atoms with Gasteiger partial charge in [-0.2, -0.15) is 0 Å². The number of carbonyl (C=O) groups is 3. The number of imide groups is 1. The maximum absolute atomic E-state index is 13.2. The molecule has 0 radical (unpaired) electrons. The Balaban J connectivity index is 0.773. The van der Waals surface area contributed by atoms with Gasteiger partial charge in [0.2, 0.25) is 11.8 Å². The Morgan fingerprint density at radius 1 is 0.685 bits per heavy atom. The third-order valence-electron chi connectivity index (χ3n) is 13.9. The highest BCUT2D eigenvalue weighted by atomic mass is 16.3. The molecule has 2 N–H and O–H groups in total. The lowest BCUT2D eigenvalue weighted by Gasteiger charge is -2.41. The summed E-state index contributed by atoms with van der Waals surface area (Å²) in [6.45, 7) is 7.76. The third kappa shape index (κ3) is 7.00. The summed E-state index contributed by atoms with van der Waals surface area (Å²) < 4.78 is 0. The second-order valence-electron chi connectivity index (χ2n) is 17.0. The number of aryl methyl sites for hydroxylation is 1. The predicted octanol–water partition coefficient (Wildman–Crippen LogP) is 6.47. The Morgan fingerprint density at radius 3 is 2.19 bits per heavy atom. The number of phenols is 1. The van der Waals surface area contributed by atoms with Crippen LogP contribution in [-0.2, 0) is 22.6 Å². The number of amides is 3. The number of phenolic OH excluding ortho intramolecular Hbond substituents is 1. The number of nitrogens with zero attached hydrogens (tertiary/aromatic N) is 4. The number of hydrogen-bond donors (Lipinski definition) is 2. The van der Waals surface area contributed by atoms with E-state index in [-0.39, 0.29) is 24.1 Å². The number of piperidine rings is 2. The molecule has 54 heavy (non-hydrogen) atoms. The number of hydrogen-bond acceptors (Lipinski definition) is 7. The molecule has 4 heterocycles. The van der Waals surface area contributed by atoms with Crippen LogP contribution in [0.25, 0.3) is 0 Å². The van der Waals surface area contributed by atoms with Crippen LogP contribution in [0.1, 0.15) is 103 Å². The van der Waals surface area contributed by atoms with Gasteiger partial charge in [-0.05, 0) is 115 Å². The first-order valence-corrected chi connectivity index (χ1v) is 20.8. The van der Waals surface area contributed by atoms with Crippen LogP contribution in [0.15, 0.2) is 60.7 Å². The van der Waals surface area contributed by atoms with Crippen LogP contribution >= 0.6 is 0 Å². The molecule has 9 nitrogen and oxygen atoms in total. The van der Waals surface area contributed by atoms with E-state index in [0.29, 0.717) is 42.0 Å². The second-order valence-corrected chi connectivity index (χ2v) is 17.0. The standard InChI is InChI=1S/C45H55N5O4/c51-37-12-15-39-33(27-37)8-13-38(31-4-2-1-3-5-31)43(39)32-6-9-35(10-7-32)48-20-18-30(19-21-48)28-47-22-24-49(25-23-47)36-11-14-40-34(26-36)29-50(45(40)54)41-16-17-42(52)46-44(41)53/h6-7,9-12,14-15,26-27,30-31,38,41,43,51H,1-5,8,13,16-25,28-29H2,(H,46,52,53)/t38-,41-,43+/m0/s1. The molecule has 3 saturated heterocycles. The normalized spacial score (nSPS) is 25.8. The number of carbonyl (C=O) groups excluding carboxylic acids is 3. The average molecular weight is 730 g/mol. The molecule has 2 aliphatic carbocycles. The zero-order valence-corrected chi connectivity index (χ0v) is 31.6. The first-order chi connectivity index (χ1) is 26.4. The van der Waals surface area contributed by atoms with Crippen LogP contribution in [0.3, 0.4) is 0 Å². The number of fused-ring (bicyclic) bond motifs is 2. The number of nitrogens with one attached hydrogen (secondary N) is 1. The lowest BCUT2D eigenvalue weighted by molar-refractivity contribution is -0.136. The average Bonchev–Trinajstić information content (AvgIpc) is 3.53. The molecule has 0 unspecified atom stereocenters. The van der Waals surface area contributed by atoms with Gasteiger partial charge in [0.25, 0.3) is 5.91 Å². The Morgan fingerprint density at radius 2 is 1.43 bits per heavy atom. The van der Waals surface area contributed by atoms with Crippen LogP contribution in [0, 0.1) is 17.8 Å². The first-order valence-electron chi connectivity index (χ1n) is 20.8. The molecule has 9 heteroatoms. The fourth-order valence-corrected chi connectivity index (χ4v) is 10.9. The van der Waals surface area contributed by atoms with Crippen LogP contribution < -0.4 is 15.1 Å². The molecule has 0 spiro atoms. The Labute approximate surface area is 319 Å². The summed E-state index contributed by atoms with van der Waals surface area (Å²) >= 11 is 0. The highest BCUT2D eigenvalue weighted by molar-refractivity contribution is 6.05. The van der Waals surface area contributed by atoms with Gasteiger partial charge in [0, 0.05) is 81.6 Å². The lowest BCUT2D eigenvalue weighted by Crippen LogP contribution is -2.52. The van der Waals surface area contributed by atoms with Crippen molar-refractivity contribution in [1.82, 2.24) is 15.1 Å². The Hall–Kier alpha value is -4.37. The Kier molecular flexibility index (Phi) is 9.85. The van der Waals surface area contributed by atoms with E-state index in [4.69, 9.17) is 0 Å². The topological polar surface area (TPSA) is 96.4 Å². The van der Waals surface area contributed by atoms with Crippen molar-refractivity contribution in [3.8, 4) is 5.75 Å². The number of rotatable bonds is 7. The lowest BCUT2D eigenvalue weighted by atomic mass is 9.64. The minimum atomic E-state index is -0.580. The van der Waals surface area contributed by atoms with Crippen LogP contribution in [0.5, 0.6) is 5.75 Å². The van der Waals surface area contributed by atoms with Gasteiger partial charge in [0.05, 0.1) is 0 Å². The van der Waals surface area contributed by atoms with E-state index in [9.17, 15) is 19.5 Å².